The number of aryl methyl sites for hydroxylation is 2. The van der Waals surface area contributed by atoms with Gasteiger partial charge in [0.1, 0.15) is 0 Å². The molecule has 0 atom stereocenters. The molecule has 2 N–H and O–H groups in total. The summed E-state index contributed by atoms with van der Waals surface area (Å²) in [6, 6.07) is 20.6. The van der Waals surface area contributed by atoms with Gasteiger partial charge in [0.05, 0.1) is 17.1 Å². The number of urea groups is 1. The van der Waals surface area contributed by atoms with Crippen LogP contribution in [0.4, 0.5) is 21.9 Å². The van der Waals surface area contributed by atoms with E-state index < -0.39 is 5.76 Å². The largest absolute Gasteiger partial charge is 0.446 e. The number of aromatic nitrogens is 2. The van der Waals surface area contributed by atoms with E-state index in [-0.39, 0.29) is 6.03 Å². The lowest BCUT2D eigenvalue weighted by atomic mass is 10.1. The van der Waals surface area contributed by atoms with Crippen molar-refractivity contribution in [3.63, 3.8) is 0 Å². The first-order valence-electron chi connectivity index (χ1n) is 13.3. The van der Waals surface area contributed by atoms with Gasteiger partial charge in [-0.15, -0.1) is 0 Å². The first kappa shape index (κ1) is 27.7. The summed E-state index contributed by atoms with van der Waals surface area (Å²) in [4.78, 5) is 28.1. The van der Waals surface area contributed by atoms with E-state index in [4.69, 9.17) is 4.52 Å². The molecule has 1 heterocycles. The van der Waals surface area contributed by atoms with Crippen LogP contribution in [0.5, 0.6) is 0 Å². The second-order valence-corrected chi connectivity index (χ2v) is 10.8. The monoisotopic (exact) mass is 527 g/mol. The third-order valence-electron chi connectivity index (χ3n) is 6.22. The molecule has 39 heavy (non-hydrogen) atoms. The number of carbonyl (C=O) groups excluding carboxylic acids is 1. The van der Waals surface area contributed by atoms with E-state index >= 15 is 0 Å². The summed E-state index contributed by atoms with van der Waals surface area (Å²) in [7, 11) is 0. The van der Waals surface area contributed by atoms with Gasteiger partial charge in [-0.2, -0.15) is 0 Å². The highest BCUT2D eigenvalue weighted by Crippen LogP contribution is 2.33. The molecule has 0 unspecified atom stereocenters. The van der Waals surface area contributed by atoms with E-state index in [0.717, 1.165) is 29.9 Å². The summed E-state index contributed by atoms with van der Waals surface area (Å²) in [6.07, 6.45) is 0. The minimum Gasteiger partial charge on any atom is -0.369 e. The first-order chi connectivity index (χ1) is 18.6. The Balaban J connectivity index is 1.76. The Morgan fingerprint density at radius 3 is 2.05 bits per heavy atom. The number of nitrogens with zero attached hydrogens (tertiary/aromatic N) is 3. The average Bonchev–Trinajstić information content (AvgIpc) is 3.26. The predicted molar refractivity (Wildman–Crippen MR) is 158 cm³/mol. The number of anilines is 3. The molecule has 3 aromatic carbocycles. The van der Waals surface area contributed by atoms with Crippen molar-refractivity contribution >= 4 is 23.1 Å². The summed E-state index contributed by atoms with van der Waals surface area (Å²) in [5.41, 5.74) is 5.69. The minimum absolute atomic E-state index is 0.358. The molecule has 2 amide bonds. The Morgan fingerprint density at radius 2 is 1.46 bits per heavy atom. The van der Waals surface area contributed by atoms with Crippen molar-refractivity contribution in [2.75, 3.05) is 28.6 Å². The third kappa shape index (κ3) is 6.96. The second kappa shape index (κ2) is 12.0. The van der Waals surface area contributed by atoms with Crippen molar-refractivity contribution in [3.8, 4) is 17.1 Å². The quantitative estimate of drug-likeness (QED) is 0.248. The lowest BCUT2D eigenvalue weighted by Crippen LogP contribution is -2.32. The minimum atomic E-state index is -0.578. The number of amides is 2. The van der Waals surface area contributed by atoms with Crippen molar-refractivity contribution in [2.24, 2.45) is 11.8 Å². The summed E-state index contributed by atoms with van der Waals surface area (Å²) < 4.78 is 6.51. The van der Waals surface area contributed by atoms with Crippen LogP contribution < -0.4 is 21.3 Å². The summed E-state index contributed by atoms with van der Waals surface area (Å²) in [5.74, 6) is 0.613. The maximum absolute atomic E-state index is 13.1. The topological polar surface area (TPSA) is 92.4 Å². The van der Waals surface area contributed by atoms with Gasteiger partial charge < -0.3 is 15.5 Å². The molecule has 0 saturated carbocycles. The molecule has 0 spiro atoms. The van der Waals surface area contributed by atoms with Crippen LogP contribution in [0.25, 0.3) is 17.1 Å². The molecule has 0 bridgehead atoms. The smallest absolute Gasteiger partial charge is 0.369 e. The molecule has 0 aliphatic rings. The molecule has 8 heteroatoms. The Morgan fingerprint density at radius 1 is 0.872 bits per heavy atom. The van der Waals surface area contributed by atoms with Crippen molar-refractivity contribution in [1.82, 2.24) is 9.72 Å². The van der Waals surface area contributed by atoms with E-state index in [0.29, 0.717) is 40.3 Å². The lowest BCUT2D eigenvalue weighted by Gasteiger charge is -2.30. The number of hydrogen-bond donors (Lipinski definition) is 2. The molecular weight excluding hydrogens is 490 g/mol. The Kier molecular flexibility index (Phi) is 8.54. The van der Waals surface area contributed by atoms with Crippen molar-refractivity contribution in [1.29, 1.82) is 0 Å². The van der Waals surface area contributed by atoms with Crippen molar-refractivity contribution < 1.29 is 9.32 Å². The first-order valence-corrected chi connectivity index (χ1v) is 13.3. The third-order valence-corrected chi connectivity index (χ3v) is 6.22. The van der Waals surface area contributed by atoms with E-state index in [2.05, 4.69) is 48.4 Å². The van der Waals surface area contributed by atoms with Crippen LogP contribution in [0.3, 0.4) is 0 Å². The molecule has 0 aliphatic heterocycles. The van der Waals surface area contributed by atoms with Gasteiger partial charge in [0.2, 0.25) is 0 Å². The van der Waals surface area contributed by atoms with Crippen LogP contribution in [-0.4, -0.2) is 28.8 Å². The molecule has 1 aromatic heterocycles. The molecule has 8 nitrogen and oxygen atoms in total. The standard InChI is InChI=1S/C31H37N5O3/c1-20(2)18-35(19-21(3)4)28-16-11-24(17-27(28)33-30(37)32-25-12-7-22(5)8-13-25)29-34-39-31(38)36(29)26-14-9-23(6)10-15-26/h7-17,20-21H,18-19H2,1-6H3,(H2,32,33,37). The lowest BCUT2D eigenvalue weighted by molar-refractivity contribution is 0.262. The molecule has 0 fully saturated rings. The molecule has 0 radical (unpaired) electrons. The van der Waals surface area contributed by atoms with Crippen LogP contribution in [0.15, 0.2) is 76.0 Å². The maximum Gasteiger partial charge on any atom is 0.446 e. The van der Waals surface area contributed by atoms with Crippen LogP contribution in [0.1, 0.15) is 38.8 Å². The average molecular weight is 528 g/mol. The fraction of sp³-hybridized carbons (Fsp3) is 0.323. The number of rotatable bonds is 9. The summed E-state index contributed by atoms with van der Waals surface area (Å²) >= 11 is 0. The Hall–Kier alpha value is -4.33. The summed E-state index contributed by atoms with van der Waals surface area (Å²) in [6.45, 7) is 14.3. The number of hydrogen-bond acceptors (Lipinski definition) is 5. The number of carbonyl (C=O) groups is 1. The highest BCUT2D eigenvalue weighted by atomic mass is 16.5. The van der Waals surface area contributed by atoms with Gasteiger partial charge in [0.25, 0.3) is 0 Å². The van der Waals surface area contributed by atoms with Crippen LogP contribution in [-0.2, 0) is 0 Å². The second-order valence-electron chi connectivity index (χ2n) is 10.8. The van der Waals surface area contributed by atoms with Crippen LogP contribution in [0, 0.1) is 25.7 Å². The van der Waals surface area contributed by atoms with E-state index in [9.17, 15) is 9.59 Å². The van der Waals surface area contributed by atoms with Gasteiger partial charge in [-0.3, -0.25) is 4.52 Å². The molecular formula is C31H37N5O3. The normalized spacial score (nSPS) is 11.2. The van der Waals surface area contributed by atoms with Gasteiger partial charge in [0.15, 0.2) is 5.82 Å². The Labute approximate surface area is 229 Å². The maximum atomic E-state index is 13.1. The fourth-order valence-corrected chi connectivity index (χ4v) is 4.48. The van der Waals surface area contributed by atoms with Gasteiger partial charge in [-0.05, 0) is 68.1 Å². The highest BCUT2D eigenvalue weighted by molar-refractivity contribution is 6.02. The predicted octanol–water partition coefficient (Wildman–Crippen LogP) is 6.87. The van der Waals surface area contributed by atoms with Gasteiger partial charge in [-0.25, -0.2) is 14.2 Å². The van der Waals surface area contributed by atoms with Crippen LogP contribution in [0.2, 0.25) is 0 Å². The highest BCUT2D eigenvalue weighted by Gasteiger charge is 2.20. The number of nitrogens with one attached hydrogen (secondary N) is 2. The van der Waals surface area contributed by atoms with E-state index in [1.165, 1.54) is 4.57 Å². The fourth-order valence-electron chi connectivity index (χ4n) is 4.48. The zero-order chi connectivity index (χ0) is 28.1. The molecule has 0 aliphatic carbocycles. The number of benzene rings is 3. The summed E-state index contributed by atoms with van der Waals surface area (Å²) in [5, 5.41) is 10.0. The van der Waals surface area contributed by atoms with Crippen molar-refractivity contribution in [2.45, 2.75) is 41.5 Å². The van der Waals surface area contributed by atoms with Crippen LogP contribution >= 0.6 is 0 Å². The zero-order valence-corrected chi connectivity index (χ0v) is 23.5. The molecule has 0 saturated heterocycles. The SMILES string of the molecule is Cc1ccc(NC(=O)Nc2cc(-c3noc(=O)n3-c3ccc(C)cc3)ccc2N(CC(C)C)CC(C)C)cc1. The van der Waals surface area contributed by atoms with Gasteiger partial charge >= 0.3 is 11.8 Å². The van der Waals surface area contributed by atoms with Crippen molar-refractivity contribution in [3.05, 3.63) is 88.4 Å². The van der Waals surface area contributed by atoms with E-state index in [1.807, 2.05) is 80.6 Å². The molecule has 4 rings (SSSR count). The van der Waals surface area contributed by atoms with Gasteiger partial charge in [-0.1, -0.05) is 68.2 Å². The molecule has 204 valence electrons. The van der Waals surface area contributed by atoms with E-state index in [1.54, 1.807) is 0 Å². The zero-order valence-electron chi connectivity index (χ0n) is 23.5. The molecule has 4 aromatic rings. The van der Waals surface area contributed by atoms with Gasteiger partial charge in [0, 0.05) is 24.3 Å². The Bertz CT molecular complexity index is 1460.